The first kappa shape index (κ1) is 20.0. The summed E-state index contributed by atoms with van der Waals surface area (Å²) in [4.78, 5) is 14.3. The van der Waals surface area contributed by atoms with Gasteiger partial charge in [0.2, 0.25) is 5.91 Å². The number of nitrogens with zero attached hydrogens (tertiary/aromatic N) is 1. The van der Waals surface area contributed by atoms with Crippen molar-refractivity contribution in [2.75, 3.05) is 31.6 Å². The van der Waals surface area contributed by atoms with E-state index < -0.39 is 0 Å². The molecule has 2 unspecified atom stereocenters. The number of para-hydroxylation sites is 1. The SMILES string of the molecule is CNCC(C)C(=O)NC1CCN(c2ccccc2)C1.Cl.Cl. The average molecular weight is 334 g/mol. The minimum absolute atomic E-state index is 0. The largest absolute Gasteiger partial charge is 0.369 e. The van der Waals surface area contributed by atoms with Crippen molar-refractivity contribution in [1.82, 2.24) is 10.6 Å². The van der Waals surface area contributed by atoms with Crippen LogP contribution in [0.2, 0.25) is 0 Å². The van der Waals surface area contributed by atoms with Crippen LogP contribution in [0.1, 0.15) is 13.3 Å². The van der Waals surface area contributed by atoms with Crippen molar-refractivity contribution in [3.8, 4) is 0 Å². The van der Waals surface area contributed by atoms with Crippen LogP contribution in [0.3, 0.4) is 0 Å². The molecule has 21 heavy (non-hydrogen) atoms. The van der Waals surface area contributed by atoms with Crippen LogP contribution in [0.15, 0.2) is 30.3 Å². The number of carbonyl (C=O) groups is 1. The number of benzene rings is 1. The molecule has 1 fully saturated rings. The van der Waals surface area contributed by atoms with Crippen LogP contribution in [0.4, 0.5) is 5.69 Å². The molecule has 2 N–H and O–H groups in total. The van der Waals surface area contributed by atoms with E-state index >= 15 is 0 Å². The van der Waals surface area contributed by atoms with Crippen molar-refractivity contribution in [2.45, 2.75) is 19.4 Å². The Morgan fingerprint density at radius 1 is 1.33 bits per heavy atom. The number of hydrogen-bond donors (Lipinski definition) is 2. The van der Waals surface area contributed by atoms with Crippen LogP contribution >= 0.6 is 24.8 Å². The predicted octanol–water partition coefficient (Wildman–Crippen LogP) is 2.08. The molecule has 2 rings (SSSR count). The summed E-state index contributed by atoms with van der Waals surface area (Å²) < 4.78 is 0. The monoisotopic (exact) mass is 333 g/mol. The number of halogens is 2. The van der Waals surface area contributed by atoms with Crippen LogP contribution in [-0.2, 0) is 4.79 Å². The summed E-state index contributed by atoms with van der Waals surface area (Å²) in [5.74, 6) is 0.171. The van der Waals surface area contributed by atoms with Crippen molar-refractivity contribution in [2.24, 2.45) is 5.92 Å². The highest BCUT2D eigenvalue weighted by molar-refractivity contribution is 5.85. The summed E-state index contributed by atoms with van der Waals surface area (Å²) in [6, 6.07) is 10.6. The number of hydrogen-bond acceptors (Lipinski definition) is 3. The van der Waals surface area contributed by atoms with Gasteiger partial charge in [0, 0.05) is 37.3 Å². The second-order valence-electron chi connectivity index (χ2n) is 5.23. The Hall–Kier alpha value is -0.970. The highest BCUT2D eigenvalue weighted by Gasteiger charge is 2.25. The number of amides is 1. The fraction of sp³-hybridized carbons (Fsp3) is 0.533. The lowest BCUT2D eigenvalue weighted by molar-refractivity contribution is -0.124. The molecule has 1 aromatic carbocycles. The molecule has 0 aliphatic carbocycles. The van der Waals surface area contributed by atoms with Gasteiger partial charge in [0.15, 0.2) is 0 Å². The quantitative estimate of drug-likeness (QED) is 0.867. The Morgan fingerprint density at radius 3 is 2.62 bits per heavy atom. The maximum absolute atomic E-state index is 12.0. The molecular weight excluding hydrogens is 309 g/mol. The molecule has 1 aromatic rings. The van der Waals surface area contributed by atoms with Gasteiger partial charge < -0.3 is 15.5 Å². The van der Waals surface area contributed by atoms with Crippen molar-refractivity contribution in [3.05, 3.63) is 30.3 Å². The normalized spacial score (nSPS) is 18.4. The van der Waals surface area contributed by atoms with E-state index in [4.69, 9.17) is 0 Å². The highest BCUT2D eigenvalue weighted by atomic mass is 35.5. The van der Waals surface area contributed by atoms with E-state index in [0.29, 0.717) is 0 Å². The topological polar surface area (TPSA) is 44.4 Å². The zero-order chi connectivity index (χ0) is 13.7. The van der Waals surface area contributed by atoms with E-state index in [9.17, 15) is 4.79 Å². The first-order valence-electron chi connectivity index (χ1n) is 6.95. The number of anilines is 1. The number of nitrogens with one attached hydrogen (secondary N) is 2. The summed E-state index contributed by atoms with van der Waals surface area (Å²) >= 11 is 0. The van der Waals surface area contributed by atoms with Crippen LogP contribution in [0, 0.1) is 5.92 Å². The van der Waals surface area contributed by atoms with Crippen molar-refractivity contribution in [1.29, 1.82) is 0 Å². The van der Waals surface area contributed by atoms with E-state index in [1.807, 2.05) is 20.0 Å². The van der Waals surface area contributed by atoms with Crippen LogP contribution in [-0.4, -0.2) is 38.6 Å². The molecule has 6 heteroatoms. The third-order valence-corrected chi connectivity index (χ3v) is 3.61. The van der Waals surface area contributed by atoms with E-state index in [2.05, 4.69) is 39.8 Å². The first-order chi connectivity index (χ1) is 9.20. The Labute approximate surface area is 139 Å². The molecule has 1 amide bonds. The molecule has 0 bridgehead atoms. The lowest BCUT2D eigenvalue weighted by atomic mass is 10.1. The van der Waals surface area contributed by atoms with Crippen LogP contribution in [0.5, 0.6) is 0 Å². The third kappa shape index (κ3) is 5.73. The maximum Gasteiger partial charge on any atom is 0.224 e. The number of carbonyl (C=O) groups excluding carboxylic acids is 1. The van der Waals surface area contributed by atoms with Gasteiger partial charge in [-0.25, -0.2) is 0 Å². The predicted molar refractivity (Wildman–Crippen MR) is 92.8 cm³/mol. The van der Waals surface area contributed by atoms with E-state index in [1.54, 1.807) is 0 Å². The molecular formula is C15H25Cl2N3O. The van der Waals surface area contributed by atoms with Gasteiger partial charge >= 0.3 is 0 Å². The fourth-order valence-electron chi connectivity index (χ4n) is 2.49. The minimum Gasteiger partial charge on any atom is -0.369 e. The summed E-state index contributed by atoms with van der Waals surface area (Å²) in [6.45, 7) is 4.59. The lowest BCUT2D eigenvalue weighted by Gasteiger charge is -2.20. The zero-order valence-electron chi connectivity index (χ0n) is 12.5. The number of rotatable bonds is 5. The Bertz CT molecular complexity index is 417. The Morgan fingerprint density at radius 2 is 2.00 bits per heavy atom. The molecule has 0 radical (unpaired) electrons. The van der Waals surface area contributed by atoms with Crippen LogP contribution < -0.4 is 15.5 Å². The molecule has 0 saturated carbocycles. The van der Waals surface area contributed by atoms with Gasteiger partial charge in [-0.15, -0.1) is 24.8 Å². The van der Waals surface area contributed by atoms with E-state index in [-0.39, 0.29) is 42.7 Å². The van der Waals surface area contributed by atoms with Gasteiger partial charge in [-0.05, 0) is 25.6 Å². The van der Waals surface area contributed by atoms with Crippen molar-refractivity contribution < 1.29 is 4.79 Å². The van der Waals surface area contributed by atoms with Crippen molar-refractivity contribution >= 4 is 36.4 Å². The van der Waals surface area contributed by atoms with Gasteiger partial charge in [-0.3, -0.25) is 4.79 Å². The molecule has 120 valence electrons. The summed E-state index contributed by atoms with van der Waals surface area (Å²) in [5, 5.41) is 6.18. The van der Waals surface area contributed by atoms with E-state index in [0.717, 1.165) is 26.1 Å². The molecule has 1 heterocycles. The third-order valence-electron chi connectivity index (χ3n) is 3.61. The maximum atomic E-state index is 12.0. The molecule has 1 saturated heterocycles. The second kappa shape index (κ2) is 9.87. The van der Waals surface area contributed by atoms with Gasteiger partial charge in [-0.1, -0.05) is 25.1 Å². The van der Waals surface area contributed by atoms with Gasteiger partial charge in [0.05, 0.1) is 0 Å². The Balaban J connectivity index is 0.00000200. The van der Waals surface area contributed by atoms with E-state index in [1.165, 1.54) is 5.69 Å². The highest BCUT2D eigenvalue weighted by Crippen LogP contribution is 2.19. The summed E-state index contributed by atoms with van der Waals surface area (Å²) in [5.41, 5.74) is 1.24. The smallest absolute Gasteiger partial charge is 0.224 e. The average Bonchev–Trinajstić information content (AvgIpc) is 2.88. The first-order valence-corrected chi connectivity index (χ1v) is 6.95. The van der Waals surface area contributed by atoms with Crippen molar-refractivity contribution in [3.63, 3.8) is 0 Å². The molecule has 4 nitrogen and oxygen atoms in total. The minimum atomic E-state index is 0. The van der Waals surface area contributed by atoms with Gasteiger partial charge in [-0.2, -0.15) is 0 Å². The zero-order valence-corrected chi connectivity index (χ0v) is 14.2. The molecule has 0 aromatic heterocycles. The Kier molecular flexibility index (Phi) is 9.42. The van der Waals surface area contributed by atoms with Gasteiger partial charge in [0.1, 0.15) is 0 Å². The lowest BCUT2D eigenvalue weighted by Crippen LogP contribution is -2.42. The summed E-state index contributed by atoms with van der Waals surface area (Å²) in [6.07, 6.45) is 1.02. The second-order valence-corrected chi connectivity index (χ2v) is 5.23. The summed E-state index contributed by atoms with van der Waals surface area (Å²) in [7, 11) is 1.87. The molecule has 1 aliphatic heterocycles. The standard InChI is InChI=1S/C15H23N3O.2ClH/c1-12(10-16-2)15(19)17-13-8-9-18(11-13)14-6-4-3-5-7-14;;/h3-7,12-13,16H,8-11H2,1-2H3,(H,17,19);2*1H. The fourth-order valence-corrected chi connectivity index (χ4v) is 2.49. The van der Waals surface area contributed by atoms with Gasteiger partial charge in [0.25, 0.3) is 0 Å². The molecule has 2 atom stereocenters. The molecule has 0 spiro atoms. The van der Waals surface area contributed by atoms with Crippen LogP contribution in [0.25, 0.3) is 0 Å². The molecule has 1 aliphatic rings.